The largest absolute Gasteiger partial charge is 0.480 e. The van der Waals surface area contributed by atoms with Crippen LogP contribution < -0.4 is 4.90 Å². The van der Waals surface area contributed by atoms with Gasteiger partial charge in [-0.2, -0.15) is 0 Å². The third-order valence-corrected chi connectivity index (χ3v) is 2.38. The Balaban J connectivity index is 2.82. The first kappa shape index (κ1) is 13.8. The number of hydrogen-bond acceptors (Lipinski definition) is 2. The van der Waals surface area contributed by atoms with Crippen LogP contribution >= 0.6 is 0 Å². The molecule has 0 fully saturated rings. The number of benzene rings is 1. The van der Waals surface area contributed by atoms with Crippen molar-refractivity contribution in [1.82, 2.24) is 4.90 Å². The van der Waals surface area contributed by atoms with Crippen molar-refractivity contribution >= 4 is 17.7 Å². The monoisotopic (exact) mass is 248 g/mol. The molecule has 1 rings (SSSR count). The molecular weight excluding hydrogens is 232 g/mol. The third-order valence-electron chi connectivity index (χ3n) is 2.38. The summed E-state index contributed by atoms with van der Waals surface area (Å²) in [7, 11) is 1.61. The van der Waals surface area contributed by atoms with E-state index in [-0.39, 0.29) is 19.1 Å². The first-order valence-electron chi connectivity index (χ1n) is 5.46. The van der Waals surface area contributed by atoms with Gasteiger partial charge in [0.2, 0.25) is 0 Å². The predicted octanol–water partition coefficient (Wildman–Crippen LogP) is 1.82. The van der Waals surface area contributed by atoms with E-state index in [0.29, 0.717) is 5.69 Å². The lowest BCUT2D eigenvalue weighted by atomic mass is 10.3. The van der Waals surface area contributed by atoms with Gasteiger partial charge in [-0.3, -0.25) is 9.69 Å². The normalized spacial score (nSPS) is 9.61. The summed E-state index contributed by atoms with van der Waals surface area (Å²) in [6.07, 6.45) is 1.50. The Labute approximate surface area is 106 Å². The molecule has 0 atom stereocenters. The maximum absolute atomic E-state index is 12.1. The third kappa shape index (κ3) is 3.62. The fourth-order valence-corrected chi connectivity index (χ4v) is 1.50. The van der Waals surface area contributed by atoms with Crippen molar-refractivity contribution in [2.75, 3.05) is 25.0 Å². The van der Waals surface area contributed by atoms with Crippen molar-refractivity contribution < 1.29 is 14.7 Å². The number of hydrogen-bond donors (Lipinski definition) is 1. The Kier molecular flexibility index (Phi) is 4.92. The summed E-state index contributed by atoms with van der Waals surface area (Å²) in [5, 5.41) is 8.77. The number of nitrogens with zero attached hydrogens (tertiary/aromatic N) is 2. The average molecular weight is 248 g/mol. The van der Waals surface area contributed by atoms with E-state index in [1.54, 1.807) is 19.2 Å². The van der Waals surface area contributed by atoms with Crippen LogP contribution in [0.4, 0.5) is 10.5 Å². The number of rotatable bonds is 5. The number of amides is 2. The van der Waals surface area contributed by atoms with E-state index in [2.05, 4.69) is 6.58 Å². The molecule has 5 nitrogen and oxygen atoms in total. The van der Waals surface area contributed by atoms with Gasteiger partial charge in [-0.15, -0.1) is 6.58 Å². The van der Waals surface area contributed by atoms with Crippen LogP contribution in [0, 0.1) is 0 Å². The zero-order valence-corrected chi connectivity index (χ0v) is 10.2. The number of aliphatic carboxylic acids is 1. The van der Waals surface area contributed by atoms with E-state index in [4.69, 9.17) is 5.11 Å². The maximum Gasteiger partial charge on any atom is 0.325 e. The van der Waals surface area contributed by atoms with Gasteiger partial charge in [-0.25, -0.2) is 4.79 Å². The van der Waals surface area contributed by atoms with Crippen molar-refractivity contribution in [2.45, 2.75) is 0 Å². The van der Waals surface area contributed by atoms with Gasteiger partial charge in [-0.1, -0.05) is 24.3 Å². The second-order valence-electron chi connectivity index (χ2n) is 3.74. The summed E-state index contributed by atoms with van der Waals surface area (Å²) < 4.78 is 0. The maximum atomic E-state index is 12.1. The van der Waals surface area contributed by atoms with Gasteiger partial charge in [0.15, 0.2) is 0 Å². The van der Waals surface area contributed by atoms with E-state index in [9.17, 15) is 9.59 Å². The van der Waals surface area contributed by atoms with Gasteiger partial charge in [0.05, 0.1) is 0 Å². The first-order valence-corrected chi connectivity index (χ1v) is 5.46. The van der Waals surface area contributed by atoms with Gasteiger partial charge in [0.25, 0.3) is 0 Å². The molecule has 0 aliphatic rings. The summed E-state index contributed by atoms with van der Waals surface area (Å²) >= 11 is 0. The highest BCUT2D eigenvalue weighted by atomic mass is 16.4. The van der Waals surface area contributed by atoms with Crippen LogP contribution in [0.3, 0.4) is 0 Å². The summed E-state index contributed by atoms with van der Waals surface area (Å²) in [6, 6.07) is 8.67. The fraction of sp³-hybridized carbons (Fsp3) is 0.231. The van der Waals surface area contributed by atoms with Crippen molar-refractivity contribution in [1.29, 1.82) is 0 Å². The average Bonchev–Trinajstić information content (AvgIpc) is 2.37. The van der Waals surface area contributed by atoms with Crippen LogP contribution in [0.2, 0.25) is 0 Å². The highest BCUT2D eigenvalue weighted by molar-refractivity contribution is 5.93. The zero-order chi connectivity index (χ0) is 13.5. The number of anilines is 1. The molecule has 0 aliphatic carbocycles. The Morgan fingerprint density at radius 1 is 1.33 bits per heavy atom. The topological polar surface area (TPSA) is 60.9 Å². The molecule has 2 amide bonds. The Hall–Kier alpha value is -2.30. The molecule has 0 bridgehead atoms. The minimum atomic E-state index is -1.05. The lowest BCUT2D eigenvalue weighted by molar-refractivity contribution is -0.137. The Bertz CT molecular complexity index is 431. The van der Waals surface area contributed by atoms with E-state index in [1.807, 2.05) is 18.2 Å². The summed E-state index contributed by atoms with van der Waals surface area (Å²) in [5.41, 5.74) is 0.710. The van der Waals surface area contributed by atoms with Crippen LogP contribution in [0.1, 0.15) is 0 Å². The molecule has 1 aromatic carbocycles. The lowest BCUT2D eigenvalue weighted by Gasteiger charge is -2.26. The summed E-state index contributed by atoms with van der Waals surface area (Å²) in [6.45, 7) is 3.37. The number of carboxylic acid groups (broad SMARTS) is 1. The number of para-hydroxylation sites is 1. The molecule has 1 N–H and O–H groups in total. The highest BCUT2D eigenvalue weighted by Crippen LogP contribution is 2.13. The van der Waals surface area contributed by atoms with Crippen LogP contribution in [0.25, 0.3) is 0 Å². The van der Waals surface area contributed by atoms with Gasteiger partial charge in [0, 0.05) is 19.3 Å². The van der Waals surface area contributed by atoms with E-state index in [0.717, 1.165) is 0 Å². The smallest absolute Gasteiger partial charge is 0.325 e. The molecule has 96 valence electrons. The van der Waals surface area contributed by atoms with Crippen LogP contribution in [-0.2, 0) is 4.79 Å². The molecule has 1 aromatic rings. The predicted molar refractivity (Wildman–Crippen MR) is 69.6 cm³/mol. The highest BCUT2D eigenvalue weighted by Gasteiger charge is 2.20. The first-order chi connectivity index (χ1) is 8.56. The molecule has 0 radical (unpaired) electrons. The SMILES string of the molecule is C=CCN(CC(=O)O)C(=O)N(C)c1ccccc1. The molecule has 0 aromatic heterocycles. The molecule has 0 heterocycles. The molecule has 5 heteroatoms. The van der Waals surface area contributed by atoms with Gasteiger partial charge >= 0.3 is 12.0 Å². The summed E-state index contributed by atoms with van der Waals surface area (Å²) in [5.74, 6) is -1.05. The van der Waals surface area contributed by atoms with E-state index < -0.39 is 5.97 Å². The minimum Gasteiger partial charge on any atom is -0.480 e. The molecule has 0 aliphatic heterocycles. The van der Waals surface area contributed by atoms with Crippen LogP contribution in [0.5, 0.6) is 0 Å². The number of urea groups is 1. The minimum absolute atomic E-state index is 0.197. The second-order valence-corrected chi connectivity index (χ2v) is 3.74. The Morgan fingerprint density at radius 3 is 2.44 bits per heavy atom. The van der Waals surface area contributed by atoms with Gasteiger partial charge in [0.1, 0.15) is 6.54 Å². The van der Waals surface area contributed by atoms with Crippen molar-refractivity contribution in [2.24, 2.45) is 0 Å². The molecule has 18 heavy (non-hydrogen) atoms. The quantitative estimate of drug-likeness (QED) is 0.808. The second kappa shape index (κ2) is 6.44. The standard InChI is InChI=1S/C13H16N2O3/c1-3-9-15(10-12(16)17)13(18)14(2)11-7-5-4-6-8-11/h3-8H,1,9-10H2,2H3,(H,16,17). The van der Waals surface area contributed by atoms with Crippen molar-refractivity contribution in [3.63, 3.8) is 0 Å². The molecule has 0 saturated carbocycles. The Morgan fingerprint density at radius 2 is 1.94 bits per heavy atom. The van der Waals surface area contributed by atoms with Gasteiger partial charge in [-0.05, 0) is 12.1 Å². The number of carboxylic acids is 1. The molecule has 0 saturated heterocycles. The zero-order valence-electron chi connectivity index (χ0n) is 10.2. The van der Waals surface area contributed by atoms with E-state index >= 15 is 0 Å². The van der Waals surface area contributed by atoms with Crippen LogP contribution in [0.15, 0.2) is 43.0 Å². The molecule has 0 unspecified atom stereocenters. The van der Waals surface area contributed by atoms with Crippen LogP contribution in [-0.4, -0.2) is 42.1 Å². The summed E-state index contributed by atoms with van der Waals surface area (Å²) in [4.78, 5) is 25.4. The van der Waals surface area contributed by atoms with Crippen molar-refractivity contribution in [3.8, 4) is 0 Å². The number of carbonyl (C=O) groups is 2. The molecular formula is C13H16N2O3. The van der Waals surface area contributed by atoms with Crippen molar-refractivity contribution in [3.05, 3.63) is 43.0 Å². The fourth-order valence-electron chi connectivity index (χ4n) is 1.50. The lowest BCUT2D eigenvalue weighted by Crippen LogP contribution is -2.43. The van der Waals surface area contributed by atoms with Gasteiger partial charge < -0.3 is 10.0 Å². The number of carbonyl (C=O) groups excluding carboxylic acids is 1. The van der Waals surface area contributed by atoms with E-state index in [1.165, 1.54) is 15.9 Å². The molecule has 0 spiro atoms.